The van der Waals surface area contributed by atoms with E-state index in [1.807, 2.05) is 24.3 Å². The molecule has 0 aromatic heterocycles. The highest BCUT2D eigenvalue weighted by Gasteiger charge is 2.24. The zero-order chi connectivity index (χ0) is 12.1. The van der Waals surface area contributed by atoms with Crippen LogP contribution >= 0.6 is 23.4 Å². The molecule has 2 rings (SSSR count). The molecule has 90 valence electrons. The predicted molar refractivity (Wildman–Crippen MR) is 72.4 cm³/mol. The second-order valence-electron chi connectivity index (χ2n) is 4.22. The highest BCUT2D eigenvalue weighted by molar-refractivity contribution is 7.99. The van der Waals surface area contributed by atoms with Gasteiger partial charge in [0.1, 0.15) is 0 Å². The van der Waals surface area contributed by atoms with Gasteiger partial charge in [-0.2, -0.15) is 5.26 Å². The van der Waals surface area contributed by atoms with Gasteiger partial charge in [0.15, 0.2) is 0 Å². The zero-order valence-electron chi connectivity index (χ0n) is 9.53. The van der Waals surface area contributed by atoms with Crippen molar-refractivity contribution in [2.75, 3.05) is 5.75 Å². The predicted octanol–water partition coefficient (Wildman–Crippen LogP) is 3.47. The van der Waals surface area contributed by atoms with Crippen LogP contribution in [0.15, 0.2) is 29.2 Å². The molecule has 1 N–H and O–H groups in total. The van der Waals surface area contributed by atoms with Crippen molar-refractivity contribution in [3.8, 4) is 6.07 Å². The number of nitrogens with one attached hydrogen (secondary N) is 1. The summed E-state index contributed by atoms with van der Waals surface area (Å²) in [5.41, 5.74) is 0. The fraction of sp³-hybridized carbons (Fsp3) is 0.462. The zero-order valence-corrected chi connectivity index (χ0v) is 11.1. The Bertz CT molecular complexity index is 412. The topological polar surface area (TPSA) is 35.8 Å². The maximum atomic E-state index is 9.00. The van der Waals surface area contributed by atoms with Crippen molar-refractivity contribution >= 4 is 23.4 Å². The van der Waals surface area contributed by atoms with Gasteiger partial charge >= 0.3 is 0 Å². The first kappa shape index (κ1) is 12.8. The average Bonchev–Trinajstić information content (AvgIpc) is 3.12. The number of thioether (sulfide) groups is 1. The van der Waals surface area contributed by atoms with Crippen molar-refractivity contribution in [1.29, 1.82) is 5.26 Å². The molecular weight excluding hydrogens is 252 g/mol. The summed E-state index contributed by atoms with van der Waals surface area (Å²) >= 11 is 7.66. The van der Waals surface area contributed by atoms with Gasteiger partial charge < -0.3 is 0 Å². The number of rotatable bonds is 6. The number of hydrogen-bond donors (Lipinski definition) is 1. The summed E-state index contributed by atoms with van der Waals surface area (Å²) in [5.74, 6) is 0.943. The van der Waals surface area contributed by atoms with Crippen molar-refractivity contribution < 1.29 is 0 Å². The maximum absolute atomic E-state index is 9.00. The van der Waals surface area contributed by atoms with Gasteiger partial charge in [-0.1, -0.05) is 17.7 Å². The Balaban J connectivity index is 1.72. The number of nitriles is 1. The van der Waals surface area contributed by atoms with Gasteiger partial charge in [0, 0.05) is 21.7 Å². The van der Waals surface area contributed by atoms with E-state index in [1.54, 1.807) is 11.8 Å². The van der Waals surface area contributed by atoms with Gasteiger partial charge in [-0.05, 0) is 37.5 Å². The van der Waals surface area contributed by atoms with E-state index in [4.69, 9.17) is 16.9 Å². The van der Waals surface area contributed by atoms with E-state index in [0.717, 1.165) is 17.2 Å². The lowest BCUT2D eigenvalue weighted by Gasteiger charge is -2.10. The van der Waals surface area contributed by atoms with Gasteiger partial charge in [0.2, 0.25) is 0 Å². The molecule has 0 heterocycles. The number of hydrogen-bond acceptors (Lipinski definition) is 3. The third-order valence-corrected chi connectivity index (χ3v) is 3.90. The summed E-state index contributed by atoms with van der Waals surface area (Å²) in [6.07, 6.45) is 3.32. The molecule has 0 aliphatic heterocycles. The molecule has 1 aromatic rings. The summed E-state index contributed by atoms with van der Waals surface area (Å²) < 4.78 is 0. The number of benzene rings is 1. The van der Waals surface area contributed by atoms with Crippen molar-refractivity contribution in [1.82, 2.24) is 5.32 Å². The second kappa shape index (κ2) is 6.30. The fourth-order valence-electron chi connectivity index (χ4n) is 1.57. The van der Waals surface area contributed by atoms with E-state index in [9.17, 15) is 0 Å². The number of nitrogens with zero attached hydrogens (tertiary/aromatic N) is 1. The van der Waals surface area contributed by atoms with Crippen molar-refractivity contribution in [3.63, 3.8) is 0 Å². The Morgan fingerprint density at radius 1 is 1.53 bits per heavy atom. The van der Waals surface area contributed by atoms with Gasteiger partial charge in [0.25, 0.3) is 0 Å². The summed E-state index contributed by atoms with van der Waals surface area (Å²) in [7, 11) is 0. The van der Waals surface area contributed by atoms with Crippen LogP contribution < -0.4 is 5.32 Å². The molecule has 4 heteroatoms. The molecule has 17 heavy (non-hydrogen) atoms. The Morgan fingerprint density at radius 2 is 2.35 bits per heavy atom. The molecule has 0 amide bonds. The molecular formula is C13H15ClN2S. The molecule has 0 spiro atoms. The van der Waals surface area contributed by atoms with Crippen LogP contribution in [0.5, 0.6) is 0 Å². The van der Waals surface area contributed by atoms with Gasteiger partial charge in [-0.25, -0.2) is 0 Å². The third kappa shape index (κ3) is 4.59. The minimum Gasteiger partial charge on any atom is -0.299 e. The maximum Gasteiger partial charge on any atom is 0.0963 e. The second-order valence-corrected chi connectivity index (χ2v) is 5.82. The Kier molecular flexibility index (Phi) is 4.73. The van der Waals surface area contributed by atoms with Crippen LogP contribution in [0.25, 0.3) is 0 Å². The summed E-state index contributed by atoms with van der Waals surface area (Å²) in [4.78, 5) is 1.17. The van der Waals surface area contributed by atoms with Crippen LogP contribution in [0.3, 0.4) is 0 Å². The monoisotopic (exact) mass is 266 g/mol. The first-order chi connectivity index (χ1) is 8.28. The largest absolute Gasteiger partial charge is 0.299 e. The first-order valence-electron chi connectivity index (χ1n) is 5.82. The standard InChI is InChI=1S/C13H15ClN2S/c14-10-2-1-3-13(8-10)17-7-6-12(9-15)16-11-4-5-11/h1-3,8,11-12,16H,4-7H2. The molecule has 1 saturated carbocycles. The lowest BCUT2D eigenvalue weighted by Crippen LogP contribution is -2.29. The SMILES string of the molecule is N#CC(CCSc1cccc(Cl)c1)NC1CC1. The van der Waals surface area contributed by atoms with E-state index < -0.39 is 0 Å². The summed E-state index contributed by atoms with van der Waals surface area (Å²) in [6, 6.07) is 10.7. The highest BCUT2D eigenvalue weighted by atomic mass is 35.5. The summed E-state index contributed by atoms with van der Waals surface area (Å²) in [5, 5.41) is 13.1. The van der Waals surface area contributed by atoms with Crippen LogP contribution in [0.1, 0.15) is 19.3 Å². The molecule has 0 saturated heterocycles. The van der Waals surface area contributed by atoms with Crippen LogP contribution in [0, 0.1) is 11.3 Å². The third-order valence-electron chi connectivity index (χ3n) is 2.64. The van der Waals surface area contributed by atoms with Crippen molar-refractivity contribution in [2.24, 2.45) is 0 Å². The van der Waals surface area contributed by atoms with Crippen molar-refractivity contribution in [2.45, 2.75) is 36.2 Å². The van der Waals surface area contributed by atoms with Crippen LogP contribution in [-0.2, 0) is 0 Å². The van der Waals surface area contributed by atoms with Crippen LogP contribution in [0.2, 0.25) is 5.02 Å². The smallest absolute Gasteiger partial charge is 0.0963 e. The highest BCUT2D eigenvalue weighted by Crippen LogP contribution is 2.24. The van der Waals surface area contributed by atoms with Crippen LogP contribution in [-0.4, -0.2) is 17.8 Å². The minimum absolute atomic E-state index is 0.00539. The lowest BCUT2D eigenvalue weighted by atomic mass is 10.2. The normalized spacial score (nSPS) is 16.5. The number of halogens is 1. The van der Waals surface area contributed by atoms with Crippen molar-refractivity contribution in [3.05, 3.63) is 29.3 Å². The molecule has 1 aromatic carbocycles. The van der Waals surface area contributed by atoms with E-state index in [-0.39, 0.29) is 6.04 Å². The molecule has 2 nitrogen and oxygen atoms in total. The average molecular weight is 267 g/mol. The Morgan fingerprint density at radius 3 is 3.00 bits per heavy atom. The minimum atomic E-state index is -0.00539. The van der Waals surface area contributed by atoms with E-state index in [2.05, 4.69) is 11.4 Å². The molecule has 1 fully saturated rings. The fourth-order valence-corrected chi connectivity index (χ4v) is 2.80. The Labute approximate surface area is 111 Å². The molecule has 0 radical (unpaired) electrons. The molecule has 0 bridgehead atoms. The van der Waals surface area contributed by atoms with Gasteiger partial charge in [0.05, 0.1) is 12.1 Å². The van der Waals surface area contributed by atoms with E-state index in [0.29, 0.717) is 6.04 Å². The Hall–Kier alpha value is -0.690. The lowest BCUT2D eigenvalue weighted by molar-refractivity contribution is 0.587. The molecule has 1 aliphatic carbocycles. The summed E-state index contributed by atoms with van der Waals surface area (Å²) in [6.45, 7) is 0. The molecule has 1 atom stereocenters. The first-order valence-corrected chi connectivity index (χ1v) is 7.18. The molecule has 1 unspecified atom stereocenters. The van der Waals surface area contributed by atoms with E-state index >= 15 is 0 Å². The van der Waals surface area contributed by atoms with Gasteiger partial charge in [-0.15, -0.1) is 11.8 Å². The van der Waals surface area contributed by atoms with Crippen LogP contribution in [0.4, 0.5) is 0 Å². The van der Waals surface area contributed by atoms with E-state index in [1.165, 1.54) is 17.7 Å². The molecule has 1 aliphatic rings. The van der Waals surface area contributed by atoms with Gasteiger partial charge in [-0.3, -0.25) is 5.32 Å². The quantitative estimate of drug-likeness (QED) is 0.801.